The van der Waals surface area contributed by atoms with Gasteiger partial charge in [0.05, 0.1) is 5.57 Å². The van der Waals surface area contributed by atoms with Crippen LogP contribution in [0.4, 0.5) is 11.4 Å². The maximum absolute atomic E-state index is 12.7. The Morgan fingerprint density at radius 1 is 0.714 bits per heavy atom. The third-order valence-electron chi connectivity index (χ3n) is 5.38. The minimum absolute atomic E-state index is 0.0248. The highest BCUT2D eigenvalue weighted by Gasteiger charge is 2.32. The fraction of sp³-hybridized carbons (Fsp3) is 0.0741. The van der Waals surface area contributed by atoms with Gasteiger partial charge in [-0.05, 0) is 48.0 Å². The SMILES string of the molecule is CC(=O)Nc1ccc2c(c1)C(=O)/C(=C/C=C/C=C/C1=C([O-])c3cc(NC(C)=O)ccc3C1=O)C2=O. The normalized spacial score (nSPS) is 15.9. The largest absolute Gasteiger partial charge is 0.872 e. The average Bonchev–Trinajstić information content (AvgIpc) is 3.17. The minimum Gasteiger partial charge on any atom is -0.872 e. The van der Waals surface area contributed by atoms with Gasteiger partial charge in [0, 0.05) is 47.5 Å². The fourth-order valence-corrected chi connectivity index (χ4v) is 3.88. The number of Topliss-reactive ketones (excluding diaryl/α,β-unsaturated/α-hetero) is 3. The number of allylic oxidation sites excluding steroid dienone is 7. The number of fused-ring (bicyclic) bond motifs is 2. The van der Waals surface area contributed by atoms with Crippen molar-refractivity contribution in [2.75, 3.05) is 10.6 Å². The Morgan fingerprint density at radius 3 is 1.86 bits per heavy atom. The second kappa shape index (κ2) is 9.18. The summed E-state index contributed by atoms with van der Waals surface area (Å²) in [6.07, 6.45) is 7.16. The monoisotopic (exact) mass is 467 g/mol. The van der Waals surface area contributed by atoms with Crippen molar-refractivity contribution in [3.05, 3.63) is 100 Å². The van der Waals surface area contributed by atoms with E-state index in [0.29, 0.717) is 11.4 Å². The van der Waals surface area contributed by atoms with Gasteiger partial charge in [0.25, 0.3) is 0 Å². The second-order valence-corrected chi connectivity index (χ2v) is 7.94. The number of amides is 2. The summed E-state index contributed by atoms with van der Waals surface area (Å²) in [7, 11) is 0. The molecule has 8 nitrogen and oxygen atoms in total. The Labute approximate surface area is 200 Å². The van der Waals surface area contributed by atoms with Crippen LogP contribution in [-0.4, -0.2) is 29.2 Å². The number of carbonyl (C=O) groups is 5. The molecule has 8 heteroatoms. The van der Waals surface area contributed by atoms with Crippen molar-refractivity contribution >= 4 is 46.3 Å². The molecular weight excluding hydrogens is 448 g/mol. The lowest BCUT2D eigenvalue weighted by Gasteiger charge is -2.11. The van der Waals surface area contributed by atoms with Crippen LogP contribution in [-0.2, 0) is 9.59 Å². The molecule has 2 aromatic carbocycles. The molecule has 0 fully saturated rings. The third kappa shape index (κ3) is 4.49. The van der Waals surface area contributed by atoms with Crippen molar-refractivity contribution in [2.45, 2.75) is 13.8 Å². The number of rotatable bonds is 5. The van der Waals surface area contributed by atoms with Crippen LogP contribution in [0.5, 0.6) is 0 Å². The quantitative estimate of drug-likeness (QED) is 0.395. The molecule has 0 aromatic heterocycles. The van der Waals surface area contributed by atoms with Gasteiger partial charge in [-0.2, -0.15) is 0 Å². The highest BCUT2D eigenvalue weighted by atomic mass is 16.3. The molecule has 0 bridgehead atoms. The molecule has 0 saturated heterocycles. The van der Waals surface area contributed by atoms with E-state index in [1.54, 1.807) is 12.1 Å². The number of hydrogen-bond donors (Lipinski definition) is 2. The van der Waals surface area contributed by atoms with Crippen molar-refractivity contribution in [2.24, 2.45) is 0 Å². The molecule has 4 rings (SSSR count). The molecule has 0 heterocycles. The molecular formula is C27H19N2O6-. The zero-order valence-electron chi connectivity index (χ0n) is 18.8. The van der Waals surface area contributed by atoms with Gasteiger partial charge in [-0.25, -0.2) is 0 Å². The van der Waals surface area contributed by atoms with Crippen LogP contribution in [0.15, 0.2) is 77.9 Å². The Balaban J connectivity index is 1.50. The summed E-state index contributed by atoms with van der Waals surface area (Å²) in [5.41, 5.74) is 1.74. The first kappa shape index (κ1) is 23.3. The van der Waals surface area contributed by atoms with E-state index in [4.69, 9.17) is 0 Å². The van der Waals surface area contributed by atoms with E-state index >= 15 is 0 Å². The maximum Gasteiger partial charge on any atom is 0.221 e. The predicted molar refractivity (Wildman–Crippen MR) is 128 cm³/mol. The molecule has 0 atom stereocenters. The standard InChI is InChI=1S/C27H20N2O6/c1-14(30)28-16-8-10-18-22(12-16)26(34)20(24(18)32)6-4-3-5-7-21-25(33)19-11-9-17(29-15(2)31)13-23(19)27(21)35/h3-13,34H,1-2H3,(H,28,30)(H,29,31)/p-1/b5-3+,6-4+,21-7+. The van der Waals surface area contributed by atoms with Crippen molar-refractivity contribution in [3.8, 4) is 0 Å². The Morgan fingerprint density at radius 2 is 1.26 bits per heavy atom. The van der Waals surface area contributed by atoms with E-state index < -0.39 is 23.1 Å². The third-order valence-corrected chi connectivity index (χ3v) is 5.38. The number of ketones is 3. The van der Waals surface area contributed by atoms with E-state index in [0.717, 1.165) is 0 Å². The maximum atomic E-state index is 12.7. The summed E-state index contributed by atoms with van der Waals surface area (Å²) in [4.78, 5) is 60.3. The summed E-state index contributed by atoms with van der Waals surface area (Å²) in [5.74, 6) is -2.33. The summed E-state index contributed by atoms with van der Waals surface area (Å²) in [5, 5.41) is 17.8. The van der Waals surface area contributed by atoms with Crippen molar-refractivity contribution < 1.29 is 29.1 Å². The topological polar surface area (TPSA) is 132 Å². The molecule has 0 saturated carbocycles. The second-order valence-electron chi connectivity index (χ2n) is 7.94. The van der Waals surface area contributed by atoms with Gasteiger partial charge in [-0.15, -0.1) is 0 Å². The van der Waals surface area contributed by atoms with Gasteiger partial charge in [0.1, 0.15) is 0 Å². The van der Waals surface area contributed by atoms with Gasteiger partial charge in [-0.1, -0.05) is 30.1 Å². The summed E-state index contributed by atoms with van der Waals surface area (Å²) in [6.45, 7) is 2.69. The first-order valence-electron chi connectivity index (χ1n) is 10.6. The van der Waals surface area contributed by atoms with Gasteiger partial charge in [0.2, 0.25) is 11.8 Å². The lowest BCUT2D eigenvalue weighted by Crippen LogP contribution is -2.07. The van der Waals surface area contributed by atoms with Gasteiger partial charge in [-0.3, -0.25) is 24.0 Å². The van der Waals surface area contributed by atoms with Crippen LogP contribution in [0.25, 0.3) is 5.76 Å². The number of benzene rings is 2. The molecule has 0 radical (unpaired) electrons. The molecule has 2 aliphatic carbocycles. The van der Waals surface area contributed by atoms with E-state index in [-0.39, 0.29) is 45.2 Å². The summed E-state index contributed by atoms with van der Waals surface area (Å²) < 4.78 is 0. The van der Waals surface area contributed by atoms with Crippen molar-refractivity contribution in [1.82, 2.24) is 0 Å². The zero-order valence-corrected chi connectivity index (χ0v) is 18.8. The van der Waals surface area contributed by atoms with Crippen molar-refractivity contribution in [1.29, 1.82) is 0 Å². The molecule has 174 valence electrons. The number of anilines is 2. The molecule has 2 aromatic rings. The zero-order chi connectivity index (χ0) is 25.3. The molecule has 2 amide bonds. The van der Waals surface area contributed by atoms with Gasteiger partial charge < -0.3 is 15.7 Å². The highest BCUT2D eigenvalue weighted by Crippen LogP contribution is 2.32. The Hall–Kier alpha value is -4.85. The van der Waals surface area contributed by atoms with Gasteiger partial charge in [0.15, 0.2) is 17.3 Å². The molecule has 0 aliphatic heterocycles. The summed E-state index contributed by atoms with van der Waals surface area (Å²) >= 11 is 0. The molecule has 0 unspecified atom stereocenters. The summed E-state index contributed by atoms with van der Waals surface area (Å²) in [6, 6.07) is 9.02. The predicted octanol–water partition coefficient (Wildman–Crippen LogP) is 2.99. The number of hydrogen-bond acceptors (Lipinski definition) is 6. The molecule has 0 spiro atoms. The van der Waals surface area contributed by atoms with Crippen LogP contribution >= 0.6 is 0 Å². The van der Waals surface area contributed by atoms with E-state index in [2.05, 4.69) is 10.6 Å². The number of carbonyl (C=O) groups excluding carboxylic acids is 5. The van der Waals surface area contributed by atoms with Crippen LogP contribution in [0.3, 0.4) is 0 Å². The smallest absolute Gasteiger partial charge is 0.221 e. The molecule has 2 aliphatic rings. The minimum atomic E-state index is -0.452. The molecule has 2 N–H and O–H groups in total. The van der Waals surface area contributed by atoms with Gasteiger partial charge >= 0.3 is 0 Å². The van der Waals surface area contributed by atoms with Crippen molar-refractivity contribution in [3.63, 3.8) is 0 Å². The average molecular weight is 467 g/mol. The first-order valence-corrected chi connectivity index (χ1v) is 10.6. The van der Waals surface area contributed by atoms with E-state index in [9.17, 15) is 29.1 Å². The van der Waals surface area contributed by atoms with Crippen LogP contribution in [0.2, 0.25) is 0 Å². The van der Waals surface area contributed by atoms with Crippen LogP contribution in [0, 0.1) is 0 Å². The van der Waals surface area contributed by atoms with E-state index in [1.807, 2.05) is 0 Å². The highest BCUT2D eigenvalue weighted by molar-refractivity contribution is 6.39. The number of nitrogens with one attached hydrogen (secondary N) is 2. The Bertz CT molecular complexity index is 1460. The molecule has 35 heavy (non-hydrogen) atoms. The Kier molecular flexibility index (Phi) is 6.12. The van der Waals surface area contributed by atoms with E-state index in [1.165, 1.54) is 68.5 Å². The lowest BCUT2D eigenvalue weighted by atomic mass is 10.1. The fourth-order valence-electron chi connectivity index (χ4n) is 3.88. The first-order chi connectivity index (χ1) is 16.7. The van der Waals surface area contributed by atoms with Crippen LogP contribution in [0.1, 0.15) is 50.5 Å². The van der Waals surface area contributed by atoms with Crippen LogP contribution < -0.4 is 15.7 Å². The lowest BCUT2D eigenvalue weighted by molar-refractivity contribution is -0.244.